The summed E-state index contributed by atoms with van der Waals surface area (Å²) in [6, 6.07) is 6.10. The Labute approximate surface area is 149 Å². The number of esters is 1. The first-order valence-electron chi connectivity index (χ1n) is 8.13. The van der Waals surface area contributed by atoms with Gasteiger partial charge in [0.2, 0.25) is 5.43 Å². The first kappa shape index (κ1) is 16.5. The molecule has 0 amide bonds. The molecular formula is C18H20INO3. The Hall–Kier alpha value is -1.37. The lowest BCUT2D eigenvalue weighted by atomic mass is 9.94. The third-order valence-electron chi connectivity index (χ3n) is 4.46. The molecule has 23 heavy (non-hydrogen) atoms. The van der Waals surface area contributed by atoms with Gasteiger partial charge in [0.15, 0.2) is 0 Å². The molecule has 5 heteroatoms. The highest BCUT2D eigenvalue weighted by atomic mass is 127. The van der Waals surface area contributed by atoms with Crippen LogP contribution in [0.2, 0.25) is 0 Å². The molecule has 0 radical (unpaired) electrons. The molecule has 0 aliphatic heterocycles. The van der Waals surface area contributed by atoms with Gasteiger partial charge in [0.25, 0.3) is 0 Å². The van der Waals surface area contributed by atoms with Crippen LogP contribution in [0, 0.1) is 3.57 Å². The van der Waals surface area contributed by atoms with E-state index in [1.54, 1.807) is 13.1 Å². The van der Waals surface area contributed by atoms with Gasteiger partial charge in [0, 0.05) is 21.2 Å². The number of rotatable bonds is 3. The van der Waals surface area contributed by atoms with Gasteiger partial charge in [-0.05, 0) is 60.6 Å². The third-order valence-corrected chi connectivity index (χ3v) is 5.13. The van der Waals surface area contributed by atoms with E-state index in [0.717, 1.165) is 21.9 Å². The van der Waals surface area contributed by atoms with Crippen molar-refractivity contribution in [2.45, 2.75) is 45.1 Å². The lowest BCUT2D eigenvalue weighted by Gasteiger charge is -2.27. The van der Waals surface area contributed by atoms with Crippen LogP contribution in [0.15, 0.2) is 29.2 Å². The van der Waals surface area contributed by atoms with E-state index < -0.39 is 5.97 Å². The molecule has 1 saturated carbocycles. The van der Waals surface area contributed by atoms with Gasteiger partial charge in [-0.2, -0.15) is 0 Å². The minimum Gasteiger partial charge on any atom is -0.462 e. The number of fused-ring (bicyclic) bond motifs is 1. The molecule has 1 aromatic carbocycles. The van der Waals surface area contributed by atoms with E-state index in [4.69, 9.17) is 4.74 Å². The van der Waals surface area contributed by atoms with E-state index in [0.29, 0.717) is 11.4 Å². The van der Waals surface area contributed by atoms with Gasteiger partial charge in [0.05, 0.1) is 12.1 Å². The maximum Gasteiger partial charge on any atom is 0.343 e. The predicted molar refractivity (Wildman–Crippen MR) is 99.0 cm³/mol. The molecule has 1 aromatic heterocycles. The summed E-state index contributed by atoms with van der Waals surface area (Å²) in [6.07, 6.45) is 7.54. The second-order valence-electron chi connectivity index (χ2n) is 5.95. The van der Waals surface area contributed by atoms with Crippen LogP contribution in [0.1, 0.15) is 55.4 Å². The maximum absolute atomic E-state index is 12.7. The smallest absolute Gasteiger partial charge is 0.343 e. The number of carbonyl (C=O) groups is 1. The molecule has 0 saturated heterocycles. The van der Waals surface area contributed by atoms with Crippen molar-refractivity contribution in [1.29, 1.82) is 0 Å². The summed E-state index contributed by atoms with van der Waals surface area (Å²) >= 11 is 2.26. The van der Waals surface area contributed by atoms with Crippen molar-refractivity contribution >= 4 is 39.5 Å². The molecule has 0 N–H and O–H groups in total. The predicted octanol–water partition coefficient (Wildman–Crippen LogP) is 4.29. The highest BCUT2D eigenvalue weighted by Gasteiger charge is 2.21. The molecule has 1 aliphatic rings. The van der Waals surface area contributed by atoms with Crippen molar-refractivity contribution in [3.63, 3.8) is 0 Å². The van der Waals surface area contributed by atoms with Crippen molar-refractivity contribution in [2.75, 3.05) is 6.61 Å². The molecule has 4 nitrogen and oxygen atoms in total. The molecule has 0 bridgehead atoms. The molecule has 1 fully saturated rings. The van der Waals surface area contributed by atoms with Crippen LogP contribution in [-0.2, 0) is 4.74 Å². The van der Waals surface area contributed by atoms with Crippen LogP contribution < -0.4 is 5.43 Å². The monoisotopic (exact) mass is 425 g/mol. The van der Waals surface area contributed by atoms with Crippen molar-refractivity contribution in [1.82, 2.24) is 4.57 Å². The number of halogens is 1. The molecule has 0 unspecified atom stereocenters. The molecule has 2 aromatic rings. The first-order valence-corrected chi connectivity index (χ1v) is 9.21. The van der Waals surface area contributed by atoms with Gasteiger partial charge < -0.3 is 9.30 Å². The number of pyridine rings is 1. The van der Waals surface area contributed by atoms with Gasteiger partial charge in [-0.25, -0.2) is 4.79 Å². The summed E-state index contributed by atoms with van der Waals surface area (Å²) in [5.41, 5.74) is 0.829. The summed E-state index contributed by atoms with van der Waals surface area (Å²) in [5, 5.41) is 0.599. The average molecular weight is 425 g/mol. The van der Waals surface area contributed by atoms with Gasteiger partial charge in [-0.3, -0.25) is 4.79 Å². The van der Waals surface area contributed by atoms with Gasteiger partial charge >= 0.3 is 5.97 Å². The molecule has 0 spiro atoms. The Bertz CT molecular complexity index is 791. The molecule has 1 heterocycles. The lowest BCUT2D eigenvalue weighted by Crippen LogP contribution is -2.23. The summed E-state index contributed by atoms with van der Waals surface area (Å²) < 4.78 is 8.29. The lowest BCUT2D eigenvalue weighted by molar-refractivity contribution is 0.0524. The van der Waals surface area contributed by atoms with Crippen LogP contribution >= 0.6 is 22.6 Å². The Balaban J connectivity index is 2.22. The van der Waals surface area contributed by atoms with Gasteiger partial charge in [0.1, 0.15) is 5.56 Å². The van der Waals surface area contributed by atoms with Crippen molar-refractivity contribution < 1.29 is 9.53 Å². The van der Waals surface area contributed by atoms with E-state index in [9.17, 15) is 9.59 Å². The normalized spacial score (nSPS) is 15.7. The summed E-state index contributed by atoms with van der Waals surface area (Å²) in [7, 11) is 0. The number of hydrogen-bond donors (Lipinski definition) is 0. The van der Waals surface area contributed by atoms with E-state index in [1.807, 2.05) is 18.2 Å². The fourth-order valence-corrected chi connectivity index (χ4v) is 3.81. The van der Waals surface area contributed by atoms with Crippen molar-refractivity contribution in [3.8, 4) is 0 Å². The SMILES string of the molecule is CCOC(=O)c1cn(C2CCCCC2)c2cc(I)ccc2c1=O. The second kappa shape index (κ2) is 7.03. The maximum atomic E-state index is 12.7. The van der Waals surface area contributed by atoms with Crippen LogP contribution in [0.25, 0.3) is 10.9 Å². The molecule has 3 rings (SSSR count). The zero-order valence-electron chi connectivity index (χ0n) is 13.2. The molecule has 1 aliphatic carbocycles. The fraction of sp³-hybridized carbons (Fsp3) is 0.444. The highest BCUT2D eigenvalue weighted by molar-refractivity contribution is 14.1. The largest absolute Gasteiger partial charge is 0.462 e. The quantitative estimate of drug-likeness (QED) is 0.545. The van der Waals surface area contributed by atoms with E-state index >= 15 is 0 Å². The fourth-order valence-electron chi connectivity index (χ4n) is 3.34. The minimum absolute atomic E-state index is 0.145. The van der Waals surface area contributed by atoms with Crippen LogP contribution in [-0.4, -0.2) is 17.1 Å². The number of nitrogens with zero attached hydrogens (tertiary/aromatic N) is 1. The Morgan fingerprint density at radius 1 is 1.30 bits per heavy atom. The van der Waals surface area contributed by atoms with E-state index in [1.165, 1.54) is 19.3 Å². The summed E-state index contributed by atoms with van der Waals surface area (Å²) in [6.45, 7) is 2.02. The topological polar surface area (TPSA) is 48.3 Å². The summed E-state index contributed by atoms with van der Waals surface area (Å²) in [5.74, 6) is -0.525. The number of ether oxygens (including phenoxy) is 1. The number of aromatic nitrogens is 1. The van der Waals surface area contributed by atoms with Crippen molar-refractivity contribution in [2.24, 2.45) is 0 Å². The standard InChI is InChI=1S/C18H20INO3/c1-2-23-18(22)15-11-20(13-6-4-3-5-7-13)16-10-12(19)8-9-14(16)17(15)21/h8-11,13H,2-7H2,1H3. The zero-order chi connectivity index (χ0) is 16.4. The first-order chi connectivity index (χ1) is 11.1. The van der Waals surface area contributed by atoms with Crippen LogP contribution in [0.3, 0.4) is 0 Å². The number of benzene rings is 1. The Morgan fingerprint density at radius 2 is 2.04 bits per heavy atom. The second-order valence-corrected chi connectivity index (χ2v) is 7.20. The Kier molecular flexibility index (Phi) is 5.04. The van der Waals surface area contributed by atoms with Crippen molar-refractivity contribution in [3.05, 3.63) is 43.8 Å². The third kappa shape index (κ3) is 3.29. The zero-order valence-corrected chi connectivity index (χ0v) is 15.3. The van der Waals surface area contributed by atoms with E-state index in [2.05, 4.69) is 27.2 Å². The van der Waals surface area contributed by atoms with Gasteiger partial charge in [-0.15, -0.1) is 0 Å². The number of hydrogen-bond acceptors (Lipinski definition) is 3. The average Bonchev–Trinajstić information content (AvgIpc) is 2.56. The Morgan fingerprint density at radius 3 is 2.74 bits per heavy atom. The minimum atomic E-state index is -0.525. The van der Waals surface area contributed by atoms with Gasteiger partial charge in [-0.1, -0.05) is 19.3 Å². The number of carbonyl (C=O) groups excluding carboxylic acids is 1. The molecule has 122 valence electrons. The van der Waals surface area contributed by atoms with Crippen LogP contribution in [0.4, 0.5) is 0 Å². The summed E-state index contributed by atoms with van der Waals surface area (Å²) in [4.78, 5) is 24.8. The molecule has 0 atom stereocenters. The highest BCUT2D eigenvalue weighted by Crippen LogP contribution is 2.31. The van der Waals surface area contributed by atoms with Crippen LogP contribution in [0.5, 0.6) is 0 Å². The van der Waals surface area contributed by atoms with E-state index in [-0.39, 0.29) is 17.6 Å². The molecular weight excluding hydrogens is 405 g/mol.